The molecule has 0 N–H and O–H groups in total. The first-order valence-corrected chi connectivity index (χ1v) is 3.01. The van der Waals surface area contributed by atoms with Crippen molar-refractivity contribution in [3.8, 4) is 0 Å². The maximum absolute atomic E-state index is 6.53. The summed E-state index contributed by atoms with van der Waals surface area (Å²) in [6.45, 7) is 7.04. The van der Waals surface area contributed by atoms with Gasteiger partial charge in [-0.05, 0) is 6.07 Å². The molecular formula is C7H7N3. The van der Waals surface area contributed by atoms with E-state index < -0.39 is 0 Å². The SMILES string of the molecule is [C-]#[N+]CCc1ccncn1. The molecule has 1 aromatic rings. The van der Waals surface area contributed by atoms with E-state index >= 15 is 0 Å². The molecule has 0 radical (unpaired) electrons. The van der Waals surface area contributed by atoms with Gasteiger partial charge in [0.2, 0.25) is 6.54 Å². The van der Waals surface area contributed by atoms with Crippen molar-refractivity contribution in [2.24, 2.45) is 0 Å². The average Bonchev–Trinajstić information content (AvgIpc) is 2.03. The van der Waals surface area contributed by atoms with Crippen LogP contribution < -0.4 is 0 Å². The van der Waals surface area contributed by atoms with Crippen LogP contribution in [-0.4, -0.2) is 16.5 Å². The Balaban J connectivity index is 2.52. The predicted molar refractivity (Wildman–Crippen MR) is 37.2 cm³/mol. The van der Waals surface area contributed by atoms with E-state index in [9.17, 15) is 0 Å². The van der Waals surface area contributed by atoms with Crippen molar-refractivity contribution in [3.63, 3.8) is 0 Å². The first-order chi connectivity index (χ1) is 4.93. The molecule has 1 heterocycles. The second-order valence-electron chi connectivity index (χ2n) is 1.83. The van der Waals surface area contributed by atoms with Gasteiger partial charge in [-0.1, -0.05) is 0 Å². The van der Waals surface area contributed by atoms with E-state index in [0.29, 0.717) is 6.54 Å². The molecule has 10 heavy (non-hydrogen) atoms. The number of nitrogens with zero attached hydrogens (tertiary/aromatic N) is 3. The fourth-order valence-electron chi connectivity index (χ4n) is 0.636. The molecule has 0 saturated carbocycles. The molecule has 0 aromatic carbocycles. The Kier molecular flexibility index (Phi) is 2.39. The number of aromatic nitrogens is 2. The fourth-order valence-corrected chi connectivity index (χ4v) is 0.636. The van der Waals surface area contributed by atoms with Gasteiger partial charge in [-0.3, -0.25) is 0 Å². The van der Waals surface area contributed by atoms with Gasteiger partial charge in [-0.2, -0.15) is 0 Å². The zero-order valence-corrected chi connectivity index (χ0v) is 5.49. The molecule has 3 heteroatoms. The van der Waals surface area contributed by atoms with Crippen LogP contribution in [0.1, 0.15) is 5.69 Å². The summed E-state index contributed by atoms with van der Waals surface area (Å²) in [6, 6.07) is 1.82. The fraction of sp³-hybridized carbons (Fsp3) is 0.286. The highest BCUT2D eigenvalue weighted by Gasteiger charge is 1.92. The summed E-state index contributed by atoms with van der Waals surface area (Å²) in [5.74, 6) is 0. The molecule has 0 atom stereocenters. The molecule has 0 aliphatic heterocycles. The highest BCUT2D eigenvalue weighted by Crippen LogP contribution is 1.91. The van der Waals surface area contributed by atoms with Crippen molar-refractivity contribution >= 4 is 0 Å². The van der Waals surface area contributed by atoms with Crippen LogP contribution in [0.25, 0.3) is 4.85 Å². The third-order valence-corrected chi connectivity index (χ3v) is 1.12. The minimum atomic E-state index is 0.511. The van der Waals surface area contributed by atoms with Gasteiger partial charge in [0.15, 0.2) is 0 Å². The predicted octanol–water partition coefficient (Wildman–Crippen LogP) is 0.938. The van der Waals surface area contributed by atoms with E-state index in [0.717, 1.165) is 12.1 Å². The lowest BCUT2D eigenvalue weighted by molar-refractivity contribution is 0.971. The molecule has 1 aromatic heterocycles. The molecule has 50 valence electrons. The lowest BCUT2D eigenvalue weighted by atomic mass is 10.3. The summed E-state index contributed by atoms with van der Waals surface area (Å²) >= 11 is 0. The molecule has 0 unspecified atom stereocenters. The quantitative estimate of drug-likeness (QED) is 0.562. The molecule has 0 aliphatic rings. The molecule has 0 spiro atoms. The second-order valence-corrected chi connectivity index (χ2v) is 1.83. The van der Waals surface area contributed by atoms with Crippen molar-refractivity contribution in [1.29, 1.82) is 0 Å². The van der Waals surface area contributed by atoms with E-state index in [1.54, 1.807) is 6.20 Å². The van der Waals surface area contributed by atoms with Gasteiger partial charge in [0.1, 0.15) is 6.33 Å². The second kappa shape index (κ2) is 3.57. The number of hydrogen-bond donors (Lipinski definition) is 0. The molecule has 0 bridgehead atoms. The average molecular weight is 133 g/mol. The van der Waals surface area contributed by atoms with Crippen LogP contribution in [0.4, 0.5) is 0 Å². The van der Waals surface area contributed by atoms with E-state index in [4.69, 9.17) is 6.57 Å². The topological polar surface area (TPSA) is 30.1 Å². The van der Waals surface area contributed by atoms with Crippen molar-refractivity contribution in [2.75, 3.05) is 6.54 Å². The summed E-state index contributed by atoms with van der Waals surface area (Å²) in [5.41, 5.74) is 0.936. The van der Waals surface area contributed by atoms with Gasteiger partial charge in [-0.15, -0.1) is 0 Å². The number of rotatable bonds is 2. The van der Waals surface area contributed by atoms with E-state index in [1.807, 2.05) is 6.07 Å². The minimum Gasteiger partial charge on any atom is -0.317 e. The van der Waals surface area contributed by atoms with Gasteiger partial charge < -0.3 is 4.85 Å². The van der Waals surface area contributed by atoms with Crippen molar-refractivity contribution < 1.29 is 0 Å². The minimum absolute atomic E-state index is 0.511. The zero-order chi connectivity index (χ0) is 7.23. The maximum Gasteiger partial charge on any atom is 0.220 e. The van der Waals surface area contributed by atoms with E-state index in [2.05, 4.69) is 14.8 Å². The molecular weight excluding hydrogens is 126 g/mol. The molecule has 0 aliphatic carbocycles. The lowest BCUT2D eigenvalue weighted by Gasteiger charge is -1.89. The summed E-state index contributed by atoms with van der Waals surface area (Å²) in [5, 5.41) is 0. The van der Waals surface area contributed by atoms with Crippen molar-refractivity contribution in [3.05, 3.63) is 35.7 Å². The van der Waals surface area contributed by atoms with Gasteiger partial charge in [0.05, 0.1) is 12.1 Å². The molecule has 0 saturated heterocycles. The Hall–Kier alpha value is -1.43. The van der Waals surface area contributed by atoms with Crippen LogP contribution in [0, 0.1) is 6.57 Å². The zero-order valence-electron chi connectivity index (χ0n) is 5.49. The Bertz CT molecular complexity index is 224. The third kappa shape index (κ3) is 1.82. The summed E-state index contributed by atoms with van der Waals surface area (Å²) in [6.07, 6.45) is 3.91. The Morgan fingerprint density at radius 1 is 1.60 bits per heavy atom. The first-order valence-electron chi connectivity index (χ1n) is 3.01. The third-order valence-electron chi connectivity index (χ3n) is 1.12. The Labute approximate surface area is 59.6 Å². The van der Waals surface area contributed by atoms with Gasteiger partial charge in [-0.25, -0.2) is 16.5 Å². The largest absolute Gasteiger partial charge is 0.317 e. The van der Waals surface area contributed by atoms with Crippen LogP contribution in [-0.2, 0) is 6.42 Å². The van der Waals surface area contributed by atoms with Crippen LogP contribution in [0.5, 0.6) is 0 Å². The Morgan fingerprint density at radius 3 is 3.10 bits per heavy atom. The van der Waals surface area contributed by atoms with Gasteiger partial charge in [0.25, 0.3) is 0 Å². The highest BCUT2D eigenvalue weighted by molar-refractivity contribution is 4.98. The van der Waals surface area contributed by atoms with Crippen molar-refractivity contribution in [2.45, 2.75) is 6.42 Å². The van der Waals surface area contributed by atoms with Crippen molar-refractivity contribution in [1.82, 2.24) is 9.97 Å². The van der Waals surface area contributed by atoms with Gasteiger partial charge >= 0.3 is 0 Å². The van der Waals surface area contributed by atoms with E-state index in [1.165, 1.54) is 6.33 Å². The normalized spacial score (nSPS) is 8.70. The monoisotopic (exact) mass is 133 g/mol. The molecule has 1 rings (SSSR count). The lowest BCUT2D eigenvalue weighted by Crippen LogP contribution is -1.91. The maximum atomic E-state index is 6.53. The first kappa shape index (κ1) is 6.69. The standard InChI is InChI=1S/C7H7N3/c1-8-4-2-7-3-5-9-6-10-7/h3,5-6H,2,4H2. The smallest absolute Gasteiger partial charge is 0.220 e. The van der Waals surface area contributed by atoms with Crippen LogP contribution >= 0.6 is 0 Å². The van der Waals surface area contributed by atoms with Crippen LogP contribution in [0.3, 0.4) is 0 Å². The van der Waals surface area contributed by atoms with Crippen LogP contribution in [0.15, 0.2) is 18.6 Å². The summed E-state index contributed by atoms with van der Waals surface area (Å²) in [7, 11) is 0. The molecule has 0 amide bonds. The van der Waals surface area contributed by atoms with Crippen LogP contribution in [0.2, 0.25) is 0 Å². The molecule has 3 nitrogen and oxygen atoms in total. The Morgan fingerprint density at radius 2 is 2.50 bits per heavy atom. The summed E-state index contributed by atoms with van der Waals surface area (Å²) in [4.78, 5) is 10.9. The van der Waals surface area contributed by atoms with Gasteiger partial charge in [0, 0.05) is 6.20 Å². The summed E-state index contributed by atoms with van der Waals surface area (Å²) < 4.78 is 0. The molecule has 0 fully saturated rings. The van der Waals surface area contributed by atoms with E-state index in [-0.39, 0.29) is 0 Å². The highest BCUT2D eigenvalue weighted by atomic mass is 14.8. The number of hydrogen-bond acceptors (Lipinski definition) is 2.